The molecule has 3 heteroatoms. The highest BCUT2D eigenvalue weighted by Crippen LogP contribution is 2.22. The second-order valence-electron chi connectivity index (χ2n) is 3.96. The van der Waals surface area contributed by atoms with Crippen molar-refractivity contribution in [1.29, 1.82) is 0 Å². The Balaban J connectivity index is 2.40. The van der Waals surface area contributed by atoms with E-state index in [4.69, 9.17) is 16.3 Å². The van der Waals surface area contributed by atoms with Gasteiger partial charge in [0.15, 0.2) is 0 Å². The highest BCUT2D eigenvalue weighted by atomic mass is 35.5. The molecule has 0 saturated carbocycles. The molecule has 2 nitrogen and oxygen atoms in total. The third-order valence-corrected chi connectivity index (χ3v) is 2.26. The number of ether oxygens (including phenoxy) is 1. The molecule has 0 aromatic heterocycles. The maximum Gasteiger partial charge on any atom is 0.137 e. The second kappa shape index (κ2) is 5.99. The largest absolute Gasteiger partial charge is 0.490 e. The van der Waals surface area contributed by atoms with Crippen molar-refractivity contribution in [2.75, 3.05) is 6.61 Å². The molecule has 1 atom stereocenters. The summed E-state index contributed by atoms with van der Waals surface area (Å²) in [6, 6.07) is 8.31. The van der Waals surface area contributed by atoms with Crippen LogP contribution in [0.5, 0.6) is 5.75 Å². The van der Waals surface area contributed by atoms with Crippen LogP contribution in [0.3, 0.4) is 0 Å². The van der Waals surface area contributed by atoms with Gasteiger partial charge < -0.3 is 10.1 Å². The van der Waals surface area contributed by atoms with Gasteiger partial charge in [-0.25, -0.2) is 0 Å². The number of para-hydroxylation sites is 1. The monoisotopic (exact) mass is 227 g/mol. The molecule has 0 heterocycles. The van der Waals surface area contributed by atoms with Crippen molar-refractivity contribution in [1.82, 2.24) is 5.32 Å². The predicted molar refractivity (Wildman–Crippen MR) is 64.7 cm³/mol. The Morgan fingerprint density at radius 2 is 1.93 bits per heavy atom. The van der Waals surface area contributed by atoms with Crippen LogP contribution in [0.15, 0.2) is 24.3 Å². The molecule has 1 aromatic rings. The van der Waals surface area contributed by atoms with E-state index in [2.05, 4.69) is 26.1 Å². The summed E-state index contributed by atoms with van der Waals surface area (Å²) in [5.74, 6) is 0.747. The quantitative estimate of drug-likeness (QED) is 0.835. The van der Waals surface area contributed by atoms with Crippen LogP contribution in [0.25, 0.3) is 0 Å². The van der Waals surface area contributed by atoms with Gasteiger partial charge in [-0.3, -0.25) is 0 Å². The molecule has 0 aliphatic rings. The van der Waals surface area contributed by atoms with Crippen molar-refractivity contribution in [3.05, 3.63) is 29.3 Å². The van der Waals surface area contributed by atoms with Crippen molar-refractivity contribution in [3.8, 4) is 5.75 Å². The van der Waals surface area contributed by atoms with Crippen molar-refractivity contribution < 1.29 is 4.74 Å². The lowest BCUT2D eigenvalue weighted by Crippen LogP contribution is -2.36. The van der Waals surface area contributed by atoms with E-state index in [1.807, 2.05) is 24.3 Å². The molecule has 84 valence electrons. The molecular formula is C12H18ClNO. The van der Waals surface area contributed by atoms with Gasteiger partial charge in [0.1, 0.15) is 12.4 Å². The van der Waals surface area contributed by atoms with Crippen LogP contribution >= 0.6 is 11.6 Å². The van der Waals surface area contributed by atoms with Gasteiger partial charge >= 0.3 is 0 Å². The van der Waals surface area contributed by atoms with Crippen molar-refractivity contribution in [3.63, 3.8) is 0 Å². The second-order valence-corrected chi connectivity index (χ2v) is 4.37. The summed E-state index contributed by atoms with van der Waals surface area (Å²) in [6.45, 7) is 6.96. The number of rotatable bonds is 5. The normalized spacial score (nSPS) is 12.9. The topological polar surface area (TPSA) is 21.3 Å². The van der Waals surface area contributed by atoms with E-state index < -0.39 is 0 Å². The Hall–Kier alpha value is -0.730. The Bertz CT molecular complexity index is 301. The molecule has 0 radical (unpaired) electrons. The summed E-state index contributed by atoms with van der Waals surface area (Å²) in [6.07, 6.45) is 0. The maximum absolute atomic E-state index is 5.97. The number of benzene rings is 1. The molecule has 0 bridgehead atoms. The predicted octanol–water partition coefficient (Wildman–Crippen LogP) is 3.11. The molecule has 0 fully saturated rings. The average Bonchev–Trinajstić information content (AvgIpc) is 2.15. The Labute approximate surface area is 96.6 Å². The van der Waals surface area contributed by atoms with Crippen molar-refractivity contribution >= 4 is 11.6 Å². The molecule has 0 saturated heterocycles. The molecule has 1 N–H and O–H groups in total. The summed E-state index contributed by atoms with van der Waals surface area (Å²) in [7, 11) is 0. The third-order valence-electron chi connectivity index (χ3n) is 1.94. The summed E-state index contributed by atoms with van der Waals surface area (Å²) in [5, 5.41) is 4.03. The zero-order chi connectivity index (χ0) is 11.3. The first-order valence-corrected chi connectivity index (χ1v) is 5.60. The zero-order valence-electron chi connectivity index (χ0n) is 9.46. The summed E-state index contributed by atoms with van der Waals surface area (Å²) in [5.41, 5.74) is 0. The molecule has 15 heavy (non-hydrogen) atoms. The SMILES string of the molecule is CC(C)NC(C)COc1ccccc1Cl. The lowest BCUT2D eigenvalue weighted by Gasteiger charge is -2.17. The van der Waals surface area contributed by atoms with E-state index in [0.717, 1.165) is 5.75 Å². The van der Waals surface area contributed by atoms with Gasteiger partial charge in [-0.1, -0.05) is 37.6 Å². The third kappa shape index (κ3) is 4.54. The first-order valence-electron chi connectivity index (χ1n) is 5.23. The first kappa shape index (κ1) is 12.3. The Morgan fingerprint density at radius 1 is 1.27 bits per heavy atom. The number of halogens is 1. The molecule has 1 unspecified atom stereocenters. The van der Waals surface area contributed by atoms with E-state index >= 15 is 0 Å². The van der Waals surface area contributed by atoms with Crippen LogP contribution in [0.2, 0.25) is 5.02 Å². The fourth-order valence-electron chi connectivity index (χ4n) is 1.39. The van der Waals surface area contributed by atoms with Gasteiger partial charge in [0.05, 0.1) is 5.02 Å². The van der Waals surface area contributed by atoms with E-state index in [1.165, 1.54) is 0 Å². The van der Waals surface area contributed by atoms with E-state index in [9.17, 15) is 0 Å². The minimum atomic E-state index is 0.321. The number of hydrogen-bond acceptors (Lipinski definition) is 2. The summed E-state index contributed by atoms with van der Waals surface area (Å²) in [4.78, 5) is 0. The van der Waals surface area contributed by atoms with Gasteiger partial charge in [-0.2, -0.15) is 0 Å². The molecular weight excluding hydrogens is 210 g/mol. The van der Waals surface area contributed by atoms with Crippen LogP contribution in [-0.2, 0) is 0 Å². The van der Waals surface area contributed by atoms with Crippen LogP contribution in [0.1, 0.15) is 20.8 Å². The molecule has 1 rings (SSSR count). The standard InChI is InChI=1S/C12H18ClNO/c1-9(2)14-10(3)8-15-12-7-5-4-6-11(12)13/h4-7,9-10,14H,8H2,1-3H3. The van der Waals surface area contributed by atoms with Gasteiger partial charge in [-0.15, -0.1) is 0 Å². The summed E-state index contributed by atoms with van der Waals surface area (Å²) < 4.78 is 5.60. The van der Waals surface area contributed by atoms with Crippen LogP contribution in [-0.4, -0.2) is 18.7 Å². The minimum Gasteiger partial charge on any atom is -0.490 e. The lowest BCUT2D eigenvalue weighted by atomic mass is 10.3. The number of nitrogens with one attached hydrogen (secondary N) is 1. The van der Waals surface area contributed by atoms with Crippen LogP contribution in [0, 0.1) is 0 Å². The average molecular weight is 228 g/mol. The number of hydrogen-bond donors (Lipinski definition) is 1. The lowest BCUT2D eigenvalue weighted by molar-refractivity contribution is 0.266. The van der Waals surface area contributed by atoms with Crippen LogP contribution in [0.4, 0.5) is 0 Å². The molecule has 0 aliphatic heterocycles. The van der Waals surface area contributed by atoms with Crippen LogP contribution < -0.4 is 10.1 Å². The Morgan fingerprint density at radius 3 is 2.53 bits per heavy atom. The van der Waals surface area contributed by atoms with E-state index in [-0.39, 0.29) is 0 Å². The van der Waals surface area contributed by atoms with Gasteiger partial charge in [0.2, 0.25) is 0 Å². The Kier molecular flexibility index (Phi) is 4.92. The molecule has 0 aliphatic carbocycles. The van der Waals surface area contributed by atoms with Gasteiger partial charge in [0, 0.05) is 12.1 Å². The van der Waals surface area contributed by atoms with E-state index in [1.54, 1.807) is 0 Å². The minimum absolute atomic E-state index is 0.321. The molecule has 0 amide bonds. The highest BCUT2D eigenvalue weighted by molar-refractivity contribution is 6.32. The smallest absolute Gasteiger partial charge is 0.137 e. The van der Waals surface area contributed by atoms with Gasteiger partial charge in [0.25, 0.3) is 0 Å². The highest BCUT2D eigenvalue weighted by Gasteiger charge is 2.05. The zero-order valence-corrected chi connectivity index (χ0v) is 10.2. The molecule has 1 aromatic carbocycles. The first-order chi connectivity index (χ1) is 7.09. The van der Waals surface area contributed by atoms with Gasteiger partial charge in [-0.05, 0) is 19.1 Å². The molecule has 0 spiro atoms. The van der Waals surface area contributed by atoms with E-state index in [0.29, 0.717) is 23.7 Å². The maximum atomic E-state index is 5.97. The summed E-state index contributed by atoms with van der Waals surface area (Å²) >= 11 is 5.97. The fourth-order valence-corrected chi connectivity index (χ4v) is 1.58. The van der Waals surface area contributed by atoms with Crippen molar-refractivity contribution in [2.24, 2.45) is 0 Å². The fraction of sp³-hybridized carbons (Fsp3) is 0.500. The van der Waals surface area contributed by atoms with Crippen molar-refractivity contribution in [2.45, 2.75) is 32.9 Å².